The molecule has 5 heteroatoms. The first-order valence-corrected chi connectivity index (χ1v) is 3.40. The fourth-order valence-corrected chi connectivity index (χ4v) is 1.18. The van der Waals surface area contributed by atoms with Gasteiger partial charge in [0.05, 0.1) is 6.10 Å². The van der Waals surface area contributed by atoms with E-state index in [1.807, 2.05) is 4.90 Å². The largest absolute Gasteiger partial charge is 0.522 e. The van der Waals surface area contributed by atoms with Crippen molar-refractivity contribution in [2.75, 3.05) is 20.1 Å². The predicted octanol–water partition coefficient (Wildman–Crippen LogP) is 1.23. The van der Waals surface area contributed by atoms with Gasteiger partial charge in [-0.05, 0) is 13.5 Å². The van der Waals surface area contributed by atoms with E-state index in [1.54, 1.807) is 7.05 Å². The number of nitrogens with zero attached hydrogens (tertiary/aromatic N) is 1. The normalized spacial score (nSPS) is 27.8. The number of likely N-dealkylation sites (tertiary alicyclic amines) is 1. The van der Waals surface area contributed by atoms with Crippen LogP contribution in [0.1, 0.15) is 6.42 Å². The van der Waals surface area contributed by atoms with Crippen LogP contribution in [0.2, 0.25) is 0 Å². The average molecular weight is 169 g/mol. The van der Waals surface area contributed by atoms with Gasteiger partial charge in [0.2, 0.25) is 0 Å². The molecule has 0 N–H and O–H groups in total. The second-order valence-electron chi connectivity index (χ2n) is 2.74. The fourth-order valence-electron chi connectivity index (χ4n) is 1.18. The molecule has 2 nitrogen and oxygen atoms in total. The van der Waals surface area contributed by atoms with Crippen molar-refractivity contribution in [3.05, 3.63) is 0 Å². The van der Waals surface area contributed by atoms with Gasteiger partial charge in [-0.25, -0.2) is 0 Å². The second kappa shape index (κ2) is 2.98. The van der Waals surface area contributed by atoms with Gasteiger partial charge in [0.15, 0.2) is 0 Å². The van der Waals surface area contributed by atoms with E-state index in [0.717, 1.165) is 0 Å². The molecule has 1 atom stereocenters. The van der Waals surface area contributed by atoms with Gasteiger partial charge < -0.3 is 4.90 Å². The highest BCUT2D eigenvalue weighted by Gasteiger charge is 2.35. The van der Waals surface area contributed by atoms with Crippen LogP contribution in [0, 0.1) is 0 Å². The van der Waals surface area contributed by atoms with Crippen molar-refractivity contribution in [3.8, 4) is 0 Å². The standard InChI is InChI=1S/C6H10F3NO/c1-10-3-2-5(4-10)11-6(7,8)9/h5H,2-4H2,1H3/t5-/m0/s1. The SMILES string of the molecule is CN1CC[C@H](OC(F)(F)F)C1. The Morgan fingerprint density at radius 1 is 1.45 bits per heavy atom. The zero-order chi connectivity index (χ0) is 8.48. The van der Waals surface area contributed by atoms with E-state index in [-0.39, 0.29) is 0 Å². The lowest BCUT2D eigenvalue weighted by Gasteiger charge is -2.13. The highest BCUT2D eigenvalue weighted by Crippen LogP contribution is 2.22. The van der Waals surface area contributed by atoms with Gasteiger partial charge in [0.1, 0.15) is 0 Å². The first kappa shape index (κ1) is 8.80. The summed E-state index contributed by atoms with van der Waals surface area (Å²) >= 11 is 0. The summed E-state index contributed by atoms with van der Waals surface area (Å²) in [7, 11) is 1.78. The zero-order valence-electron chi connectivity index (χ0n) is 6.19. The zero-order valence-corrected chi connectivity index (χ0v) is 6.19. The van der Waals surface area contributed by atoms with Crippen LogP contribution in [0.4, 0.5) is 13.2 Å². The van der Waals surface area contributed by atoms with Crippen LogP contribution >= 0.6 is 0 Å². The lowest BCUT2D eigenvalue weighted by Crippen LogP contribution is -2.26. The van der Waals surface area contributed by atoms with Gasteiger partial charge in [-0.1, -0.05) is 0 Å². The molecule has 0 unspecified atom stereocenters. The van der Waals surface area contributed by atoms with Gasteiger partial charge in [0, 0.05) is 13.1 Å². The number of halogens is 3. The van der Waals surface area contributed by atoms with E-state index in [4.69, 9.17) is 0 Å². The van der Waals surface area contributed by atoms with Crippen molar-refractivity contribution >= 4 is 0 Å². The van der Waals surface area contributed by atoms with Crippen LogP contribution in [0.5, 0.6) is 0 Å². The lowest BCUT2D eigenvalue weighted by atomic mass is 10.3. The number of ether oxygens (including phenoxy) is 1. The summed E-state index contributed by atoms with van der Waals surface area (Å²) in [5.41, 5.74) is 0. The number of alkyl halides is 3. The fraction of sp³-hybridized carbons (Fsp3) is 1.00. The van der Waals surface area contributed by atoms with Crippen LogP contribution in [-0.4, -0.2) is 37.5 Å². The summed E-state index contributed by atoms with van der Waals surface area (Å²) in [5, 5.41) is 0. The first-order valence-electron chi connectivity index (χ1n) is 3.40. The topological polar surface area (TPSA) is 12.5 Å². The molecular formula is C6H10F3NO. The molecular weight excluding hydrogens is 159 g/mol. The summed E-state index contributed by atoms with van der Waals surface area (Å²) in [6.45, 7) is 1.06. The van der Waals surface area contributed by atoms with Crippen molar-refractivity contribution in [2.45, 2.75) is 18.9 Å². The molecule has 1 aliphatic rings. The van der Waals surface area contributed by atoms with Crippen LogP contribution in [0.25, 0.3) is 0 Å². The quantitative estimate of drug-likeness (QED) is 0.585. The second-order valence-corrected chi connectivity index (χ2v) is 2.74. The summed E-state index contributed by atoms with van der Waals surface area (Å²) in [6.07, 6.45) is -4.67. The number of hydrogen-bond donors (Lipinski definition) is 0. The summed E-state index contributed by atoms with van der Waals surface area (Å²) < 4.78 is 38.6. The average Bonchev–Trinajstić information content (AvgIpc) is 2.10. The molecule has 1 rings (SSSR count). The van der Waals surface area contributed by atoms with E-state index in [2.05, 4.69) is 4.74 Å². The maximum atomic E-state index is 11.6. The molecule has 66 valence electrons. The van der Waals surface area contributed by atoms with Crippen molar-refractivity contribution in [1.82, 2.24) is 4.90 Å². The van der Waals surface area contributed by atoms with Crippen LogP contribution in [0.3, 0.4) is 0 Å². The Bertz CT molecular complexity index is 136. The van der Waals surface area contributed by atoms with Crippen molar-refractivity contribution < 1.29 is 17.9 Å². The molecule has 0 bridgehead atoms. The minimum Gasteiger partial charge on any atom is -0.304 e. The number of likely N-dealkylation sites (N-methyl/N-ethyl adjacent to an activating group) is 1. The number of rotatable bonds is 1. The van der Waals surface area contributed by atoms with Crippen LogP contribution in [0.15, 0.2) is 0 Å². The van der Waals surface area contributed by atoms with E-state index in [0.29, 0.717) is 19.5 Å². The van der Waals surface area contributed by atoms with Gasteiger partial charge in [-0.15, -0.1) is 13.2 Å². The Morgan fingerprint density at radius 3 is 2.45 bits per heavy atom. The molecule has 1 fully saturated rings. The maximum Gasteiger partial charge on any atom is 0.522 e. The molecule has 0 aromatic rings. The molecule has 0 saturated carbocycles. The van der Waals surface area contributed by atoms with E-state index in [9.17, 15) is 13.2 Å². The van der Waals surface area contributed by atoms with Crippen LogP contribution < -0.4 is 0 Å². The Balaban J connectivity index is 2.29. The third-order valence-corrected chi connectivity index (χ3v) is 1.65. The Labute approximate surface area is 62.9 Å². The highest BCUT2D eigenvalue weighted by molar-refractivity contribution is 4.73. The Kier molecular flexibility index (Phi) is 2.39. The molecule has 1 saturated heterocycles. The summed E-state index contributed by atoms with van der Waals surface area (Å²) in [5.74, 6) is 0. The van der Waals surface area contributed by atoms with Crippen LogP contribution in [-0.2, 0) is 4.74 Å². The molecule has 1 aliphatic heterocycles. The molecule has 0 radical (unpaired) electrons. The van der Waals surface area contributed by atoms with E-state index in [1.165, 1.54) is 0 Å². The van der Waals surface area contributed by atoms with Gasteiger partial charge in [0.25, 0.3) is 0 Å². The van der Waals surface area contributed by atoms with Gasteiger partial charge in [-0.2, -0.15) is 0 Å². The molecule has 0 spiro atoms. The minimum absolute atomic E-state index is 0.375. The molecule has 1 heterocycles. The van der Waals surface area contributed by atoms with Crippen molar-refractivity contribution in [3.63, 3.8) is 0 Å². The third-order valence-electron chi connectivity index (χ3n) is 1.65. The van der Waals surface area contributed by atoms with Gasteiger partial charge in [-0.3, -0.25) is 4.74 Å². The van der Waals surface area contributed by atoms with Gasteiger partial charge >= 0.3 is 6.36 Å². The summed E-state index contributed by atoms with van der Waals surface area (Å²) in [4.78, 5) is 1.82. The Hall–Kier alpha value is -0.290. The Morgan fingerprint density at radius 2 is 2.09 bits per heavy atom. The maximum absolute atomic E-state index is 11.6. The summed E-state index contributed by atoms with van der Waals surface area (Å²) in [6, 6.07) is 0. The van der Waals surface area contributed by atoms with E-state index >= 15 is 0 Å². The smallest absolute Gasteiger partial charge is 0.304 e. The molecule has 0 amide bonds. The molecule has 11 heavy (non-hydrogen) atoms. The van der Waals surface area contributed by atoms with Crippen molar-refractivity contribution in [1.29, 1.82) is 0 Å². The highest BCUT2D eigenvalue weighted by atomic mass is 19.4. The monoisotopic (exact) mass is 169 g/mol. The van der Waals surface area contributed by atoms with Crippen molar-refractivity contribution in [2.24, 2.45) is 0 Å². The molecule has 0 aromatic carbocycles. The molecule has 0 aliphatic carbocycles. The number of hydrogen-bond acceptors (Lipinski definition) is 2. The molecule has 0 aromatic heterocycles. The third kappa shape index (κ3) is 3.07. The first-order chi connectivity index (χ1) is 4.97. The predicted molar refractivity (Wildman–Crippen MR) is 33.0 cm³/mol. The van der Waals surface area contributed by atoms with E-state index < -0.39 is 12.5 Å². The minimum atomic E-state index is -4.48. The lowest BCUT2D eigenvalue weighted by molar-refractivity contribution is -0.340.